The highest BCUT2D eigenvalue weighted by Gasteiger charge is 2.14. The Balaban J connectivity index is 1.68. The predicted octanol–water partition coefficient (Wildman–Crippen LogP) is 1.20. The summed E-state index contributed by atoms with van der Waals surface area (Å²) in [4.78, 5) is 4.11. The first-order valence-electron chi connectivity index (χ1n) is 6.30. The van der Waals surface area contributed by atoms with E-state index in [4.69, 9.17) is 0 Å². The second kappa shape index (κ2) is 4.79. The molecule has 0 radical (unpaired) electrons. The minimum absolute atomic E-state index is 0.646. The van der Waals surface area contributed by atoms with Crippen molar-refractivity contribution in [3.63, 3.8) is 0 Å². The smallest absolute Gasteiger partial charge is 0.163 e. The first-order valence-corrected chi connectivity index (χ1v) is 6.30. The summed E-state index contributed by atoms with van der Waals surface area (Å²) in [5.41, 5.74) is 0.881. The Morgan fingerprint density at radius 2 is 2.35 bits per heavy atom. The van der Waals surface area contributed by atoms with Gasteiger partial charge in [0.2, 0.25) is 0 Å². The Morgan fingerprint density at radius 3 is 3.24 bits per heavy atom. The molecule has 2 aromatic heterocycles. The van der Waals surface area contributed by atoms with Gasteiger partial charge in [-0.3, -0.25) is 4.40 Å². The van der Waals surface area contributed by atoms with Crippen molar-refractivity contribution in [3.05, 3.63) is 24.4 Å². The van der Waals surface area contributed by atoms with Gasteiger partial charge in [0.25, 0.3) is 0 Å². The number of fused-ring (bicyclic) bond motifs is 1. The highest BCUT2D eigenvalue weighted by atomic mass is 15.3. The Labute approximate surface area is 100 Å². The van der Waals surface area contributed by atoms with Gasteiger partial charge in [0.15, 0.2) is 5.65 Å². The molecule has 0 aliphatic carbocycles. The third-order valence-corrected chi connectivity index (χ3v) is 3.41. The molecule has 5 heteroatoms. The molecule has 3 heterocycles. The molecule has 3 rings (SSSR count). The van der Waals surface area contributed by atoms with Crippen molar-refractivity contribution in [2.45, 2.75) is 38.1 Å². The van der Waals surface area contributed by atoms with E-state index in [2.05, 4.69) is 20.5 Å². The standard InChI is InChI=1S/C12H17N5/c1-2-7-14-10(3-1)4-5-11-15-16-12-6-8-13-9-17(11)12/h6,8-10,14H,1-5,7H2. The fourth-order valence-corrected chi connectivity index (χ4v) is 2.44. The van der Waals surface area contributed by atoms with Gasteiger partial charge in [-0.1, -0.05) is 6.42 Å². The maximum Gasteiger partial charge on any atom is 0.163 e. The molecular formula is C12H17N5. The lowest BCUT2D eigenvalue weighted by Crippen LogP contribution is -2.34. The quantitative estimate of drug-likeness (QED) is 0.862. The van der Waals surface area contributed by atoms with Crippen LogP contribution in [0.5, 0.6) is 0 Å². The summed E-state index contributed by atoms with van der Waals surface area (Å²) >= 11 is 0. The minimum Gasteiger partial charge on any atom is -0.314 e. The molecule has 5 nitrogen and oxygen atoms in total. The number of aryl methyl sites for hydroxylation is 1. The van der Waals surface area contributed by atoms with Gasteiger partial charge in [0.05, 0.1) is 0 Å². The summed E-state index contributed by atoms with van der Waals surface area (Å²) in [7, 11) is 0. The summed E-state index contributed by atoms with van der Waals surface area (Å²) in [6.07, 6.45) is 9.58. The van der Waals surface area contributed by atoms with Crippen LogP contribution in [0.25, 0.3) is 5.65 Å². The third-order valence-electron chi connectivity index (χ3n) is 3.41. The van der Waals surface area contributed by atoms with Gasteiger partial charge in [-0.05, 0) is 25.8 Å². The molecular weight excluding hydrogens is 214 g/mol. The molecule has 1 unspecified atom stereocenters. The van der Waals surface area contributed by atoms with Crippen molar-refractivity contribution < 1.29 is 0 Å². The monoisotopic (exact) mass is 231 g/mol. The Bertz CT molecular complexity index is 486. The van der Waals surface area contributed by atoms with Crippen molar-refractivity contribution in [1.82, 2.24) is 24.9 Å². The van der Waals surface area contributed by atoms with Crippen molar-refractivity contribution in [3.8, 4) is 0 Å². The Kier molecular flexibility index (Phi) is 3.00. The molecule has 0 aromatic carbocycles. The fourth-order valence-electron chi connectivity index (χ4n) is 2.44. The number of hydrogen-bond donors (Lipinski definition) is 1. The SMILES string of the molecule is c1cc2nnc(CCC3CCCCN3)n2cn1. The van der Waals surface area contributed by atoms with E-state index < -0.39 is 0 Å². The lowest BCUT2D eigenvalue weighted by atomic mass is 10.0. The van der Waals surface area contributed by atoms with Crippen LogP contribution in [0.3, 0.4) is 0 Å². The topological polar surface area (TPSA) is 55.1 Å². The van der Waals surface area contributed by atoms with E-state index >= 15 is 0 Å². The van der Waals surface area contributed by atoms with E-state index in [1.165, 1.54) is 19.3 Å². The molecule has 0 saturated carbocycles. The first kappa shape index (κ1) is 10.7. The first-order chi connectivity index (χ1) is 8.43. The van der Waals surface area contributed by atoms with Crippen molar-refractivity contribution in [1.29, 1.82) is 0 Å². The van der Waals surface area contributed by atoms with E-state index in [1.54, 1.807) is 12.5 Å². The van der Waals surface area contributed by atoms with E-state index in [0.29, 0.717) is 6.04 Å². The minimum atomic E-state index is 0.646. The van der Waals surface area contributed by atoms with Crippen LogP contribution in [0.2, 0.25) is 0 Å². The number of hydrogen-bond acceptors (Lipinski definition) is 4. The number of nitrogens with one attached hydrogen (secondary N) is 1. The maximum atomic E-state index is 4.22. The lowest BCUT2D eigenvalue weighted by molar-refractivity contribution is 0.380. The highest BCUT2D eigenvalue weighted by molar-refractivity contribution is 5.35. The summed E-state index contributed by atoms with van der Waals surface area (Å²) in [6.45, 7) is 1.16. The zero-order valence-corrected chi connectivity index (χ0v) is 9.84. The van der Waals surface area contributed by atoms with E-state index in [-0.39, 0.29) is 0 Å². The molecule has 2 aromatic rings. The Hall–Kier alpha value is -1.49. The normalized spacial score (nSPS) is 20.8. The largest absolute Gasteiger partial charge is 0.314 e. The van der Waals surface area contributed by atoms with Crippen LogP contribution in [0.15, 0.2) is 18.6 Å². The van der Waals surface area contributed by atoms with Crippen molar-refractivity contribution in [2.24, 2.45) is 0 Å². The van der Waals surface area contributed by atoms with Gasteiger partial charge in [-0.15, -0.1) is 10.2 Å². The summed E-state index contributed by atoms with van der Waals surface area (Å²) in [5.74, 6) is 1.01. The van der Waals surface area contributed by atoms with Gasteiger partial charge in [0.1, 0.15) is 12.2 Å². The van der Waals surface area contributed by atoms with E-state index in [9.17, 15) is 0 Å². The molecule has 0 amide bonds. The average molecular weight is 231 g/mol. The van der Waals surface area contributed by atoms with Gasteiger partial charge in [-0.25, -0.2) is 4.98 Å². The van der Waals surface area contributed by atoms with Crippen LogP contribution in [-0.2, 0) is 6.42 Å². The molecule has 0 bridgehead atoms. The maximum absolute atomic E-state index is 4.22. The summed E-state index contributed by atoms with van der Waals surface area (Å²) in [5, 5.41) is 11.9. The summed E-state index contributed by atoms with van der Waals surface area (Å²) in [6, 6.07) is 2.53. The van der Waals surface area contributed by atoms with Gasteiger partial charge in [-0.2, -0.15) is 0 Å². The van der Waals surface area contributed by atoms with Crippen LogP contribution in [0.4, 0.5) is 0 Å². The number of nitrogens with zero attached hydrogens (tertiary/aromatic N) is 4. The van der Waals surface area contributed by atoms with Crippen molar-refractivity contribution >= 4 is 5.65 Å². The molecule has 90 valence electrons. The zero-order valence-electron chi connectivity index (χ0n) is 9.84. The fraction of sp³-hybridized carbons (Fsp3) is 0.583. The second-order valence-corrected chi connectivity index (χ2v) is 4.61. The average Bonchev–Trinajstić information content (AvgIpc) is 2.81. The molecule has 1 fully saturated rings. The number of rotatable bonds is 3. The second-order valence-electron chi connectivity index (χ2n) is 4.61. The predicted molar refractivity (Wildman–Crippen MR) is 64.7 cm³/mol. The van der Waals surface area contributed by atoms with Crippen LogP contribution >= 0.6 is 0 Å². The van der Waals surface area contributed by atoms with Gasteiger partial charge >= 0.3 is 0 Å². The van der Waals surface area contributed by atoms with Gasteiger partial charge in [0, 0.05) is 24.7 Å². The molecule has 1 atom stereocenters. The van der Waals surface area contributed by atoms with E-state index in [0.717, 1.165) is 30.9 Å². The number of piperidine rings is 1. The van der Waals surface area contributed by atoms with Crippen LogP contribution in [0, 0.1) is 0 Å². The van der Waals surface area contributed by atoms with Crippen LogP contribution in [-0.4, -0.2) is 32.2 Å². The van der Waals surface area contributed by atoms with Crippen LogP contribution in [0.1, 0.15) is 31.5 Å². The zero-order chi connectivity index (χ0) is 11.5. The van der Waals surface area contributed by atoms with Gasteiger partial charge < -0.3 is 5.32 Å². The molecule has 0 spiro atoms. The molecule has 1 aliphatic heterocycles. The Morgan fingerprint density at radius 1 is 1.35 bits per heavy atom. The third kappa shape index (κ3) is 2.29. The van der Waals surface area contributed by atoms with Crippen molar-refractivity contribution in [2.75, 3.05) is 6.54 Å². The molecule has 1 aliphatic rings. The molecule has 1 N–H and O–H groups in total. The molecule has 17 heavy (non-hydrogen) atoms. The molecule has 1 saturated heterocycles. The summed E-state index contributed by atoms with van der Waals surface area (Å²) < 4.78 is 1.98. The lowest BCUT2D eigenvalue weighted by Gasteiger charge is -2.22. The highest BCUT2D eigenvalue weighted by Crippen LogP contribution is 2.13. The van der Waals surface area contributed by atoms with E-state index in [1.807, 2.05) is 10.5 Å². The van der Waals surface area contributed by atoms with Crippen LogP contribution < -0.4 is 5.32 Å². The number of aromatic nitrogens is 4.